The number of hydrogen-bond donors (Lipinski definition) is 2. The molecular weight excluding hydrogens is 360 g/mol. The van der Waals surface area contributed by atoms with Gasteiger partial charge < -0.3 is 15.4 Å². The normalized spacial score (nSPS) is 10.2. The molecule has 0 atom stereocenters. The number of ether oxygens (including phenoxy) is 1. The number of benzene rings is 2. The molecule has 120 valence electrons. The maximum Gasteiger partial charge on any atom is 0.251 e. The molecule has 0 saturated heterocycles. The van der Waals surface area contributed by atoms with Gasteiger partial charge in [-0.15, -0.1) is 0 Å². The standard InChI is InChI=1S/C17H17BrN2O3/c1-23-11-16(21)20-15-7-2-4-12(8-15)10-19-17(22)13-5-3-6-14(18)9-13/h2-9H,10-11H2,1H3,(H,19,22)(H,20,21). The average molecular weight is 377 g/mol. The fraction of sp³-hybridized carbons (Fsp3) is 0.176. The first-order valence-electron chi connectivity index (χ1n) is 7.00. The Hall–Kier alpha value is -2.18. The Bertz CT molecular complexity index is 704. The second-order valence-electron chi connectivity index (χ2n) is 4.87. The molecule has 0 spiro atoms. The van der Waals surface area contributed by atoms with Gasteiger partial charge in [-0.2, -0.15) is 0 Å². The fourth-order valence-electron chi connectivity index (χ4n) is 2.00. The second-order valence-corrected chi connectivity index (χ2v) is 5.79. The van der Waals surface area contributed by atoms with E-state index in [0.29, 0.717) is 17.8 Å². The summed E-state index contributed by atoms with van der Waals surface area (Å²) in [6.07, 6.45) is 0. The van der Waals surface area contributed by atoms with E-state index in [0.717, 1.165) is 10.0 Å². The van der Waals surface area contributed by atoms with E-state index < -0.39 is 0 Å². The van der Waals surface area contributed by atoms with Crippen LogP contribution in [0.1, 0.15) is 15.9 Å². The van der Waals surface area contributed by atoms with Gasteiger partial charge >= 0.3 is 0 Å². The summed E-state index contributed by atoms with van der Waals surface area (Å²) in [5, 5.41) is 5.58. The van der Waals surface area contributed by atoms with Crippen LogP contribution in [0.2, 0.25) is 0 Å². The SMILES string of the molecule is COCC(=O)Nc1cccc(CNC(=O)c2cccc(Br)c2)c1. The van der Waals surface area contributed by atoms with Crippen LogP contribution in [0.5, 0.6) is 0 Å². The predicted octanol–water partition coefficient (Wildman–Crippen LogP) is 2.96. The van der Waals surface area contributed by atoms with Gasteiger partial charge in [0, 0.05) is 29.4 Å². The number of hydrogen-bond acceptors (Lipinski definition) is 3. The Morgan fingerprint density at radius 2 is 1.91 bits per heavy atom. The van der Waals surface area contributed by atoms with Crippen LogP contribution in [0.25, 0.3) is 0 Å². The molecule has 6 heteroatoms. The molecule has 2 rings (SSSR count). The van der Waals surface area contributed by atoms with Crippen LogP contribution >= 0.6 is 15.9 Å². The van der Waals surface area contributed by atoms with Crippen LogP contribution in [0, 0.1) is 0 Å². The van der Waals surface area contributed by atoms with Crippen molar-refractivity contribution in [1.82, 2.24) is 5.32 Å². The highest BCUT2D eigenvalue weighted by Crippen LogP contribution is 2.13. The molecule has 0 aliphatic heterocycles. The maximum absolute atomic E-state index is 12.1. The molecule has 0 unspecified atom stereocenters. The van der Waals surface area contributed by atoms with Crippen LogP contribution in [-0.2, 0) is 16.1 Å². The van der Waals surface area contributed by atoms with Crippen molar-refractivity contribution in [2.75, 3.05) is 19.0 Å². The van der Waals surface area contributed by atoms with E-state index in [2.05, 4.69) is 26.6 Å². The molecule has 0 saturated carbocycles. The first-order valence-corrected chi connectivity index (χ1v) is 7.79. The lowest BCUT2D eigenvalue weighted by Crippen LogP contribution is -2.23. The number of carbonyl (C=O) groups is 2. The average Bonchev–Trinajstić information content (AvgIpc) is 2.53. The fourth-order valence-corrected chi connectivity index (χ4v) is 2.40. The van der Waals surface area contributed by atoms with Crippen LogP contribution < -0.4 is 10.6 Å². The number of nitrogens with one attached hydrogen (secondary N) is 2. The summed E-state index contributed by atoms with van der Waals surface area (Å²) < 4.78 is 5.63. The van der Waals surface area contributed by atoms with Gasteiger partial charge in [0.05, 0.1) is 0 Å². The van der Waals surface area contributed by atoms with Gasteiger partial charge in [-0.05, 0) is 35.9 Å². The van der Waals surface area contributed by atoms with Gasteiger partial charge in [-0.25, -0.2) is 0 Å². The highest BCUT2D eigenvalue weighted by atomic mass is 79.9. The molecular formula is C17H17BrN2O3. The van der Waals surface area contributed by atoms with Crippen molar-refractivity contribution in [2.45, 2.75) is 6.54 Å². The van der Waals surface area contributed by atoms with E-state index >= 15 is 0 Å². The third-order valence-electron chi connectivity index (χ3n) is 3.03. The Morgan fingerprint density at radius 1 is 1.13 bits per heavy atom. The monoisotopic (exact) mass is 376 g/mol. The van der Waals surface area contributed by atoms with Crippen LogP contribution in [0.15, 0.2) is 53.0 Å². The first kappa shape index (κ1) is 17.2. The molecule has 0 fully saturated rings. The minimum Gasteiger partial charge on any atom is -0.375 e. The lowest BCUT2D eigenvalue weighted by atomic mass is 10.1. The van der Waals surface area contributed by atoms with Crippen molar-refractivity contribution in [1.29, 1.82) is 0 Å². The molecule has 0 radical (unpaired) electrons. The summed E-state index contributed by atoms with van der Waals surface area (Å²) in [7, 11) is 1.47. The molecule has 2 N–H and O–H groups in total. The quantitative estimate of drug-likeness (QED) is 0.814. The molecule has 2 aromatic rings. The number of anilines is 1. The molecule has 0 aliphatic rings. The van der Waals surface area contributed by atoms with Crippen molar-refractivity contribution in [3.8, 4) is 0 Å². The number of methoxy groups -OCH3 is 1. The minimum absolute atomic E-state index is 0.00382. The number of rotatable bonds is 6. The van der Waals surface area contributed by atoms with Gasteiger partial charge in [0.25, 0.3) is 5.91 Å². The topological polar surface area (TPSA) is 67.4 Å². The van der Waals surface area contributed by atoms with Crippen LogP contribution in [0.3, 0.4) is 0 Å². The number of carbonyl (C=O) groups excluding carboxylic acids is 2. The van der Waals surface area contributed by atoms with Gasteiger partial charge in [0.15, 0.2) is 0 Å². The van der Waals surface area contributed by atoms with E-state index in [4.69, 9.17) is 4.74 Å². The summed E-state index contributed by atoms with van der Waals surface area (Å²) >= 11 is 3.34. The first-order chi connectivity index (χ1) is 11.1. The third-order valence-corrected chi connectivity index (χ3v) is 3.52. The predicted molar refractivity (Wildman–Crippen MR) is 92.3 cm³/mol. The van der Waals surface area contributed by atoms with Crippen molar-refractivity contribution >= 4 is 33.4 Å². The summed E-state index contributed by atoms with van der Waals surface area (Å²) in [6.45, 7) is 0.378. The zero-order chi connectivity index (χ0) is 16.7. The van der Waals surface area contributed by atoms with E-state index in [1.165, 1.54) is 7.11 Å². The Balaban J connectivity index is 1.95. The second kappa shape index (κ2) is 8.45. The van der Waals surface area contributed by atoms with Gasteiger partial charge in [0.2, 0.25) is 5.91 Å². The van der Waals surface area contributed by atoms with Gasteiger partial charge in [-0.3, -0.25) is 9.59 Å². The summed E-state index contributed by atoms with van der Waals surface area (Å²) in [5.41, 5.74) is 2.15. The van der Waals surface area contributed by atoms with Crippen LogP contribution in [-0.4, -0.2) is 25.5 Å². The van der Waals surface area contributed by atoms with Crippen molar-refractivity contribution < 1.29 is 14.3 Å². The van der Waals surface area contributed by atoms with E-state index in [1.807, 2.05) is 30.3 Å². The highest BCUT2D eigenvalue weighted by molar-refractivity contribution is 9.10. The Morgan fingerprint density at radius 3 is 2.65 bits per heavy atom. The molecule has 0 heterocycles. The zero-order valence-corrected chi connectivity index (χ0v) is 14.2. The third kappa shape index (κ3) is 5.50. The highest BCUT2D eigenvalue weighted by Gasteiger charge is 2.06. The van der Waals surface area contributed by atoms with Crippen molar-refractivity contribution in [3.05, 3.63) is 64.1 Å². The molecule has 5 nitrogen and oxygen atoms in total. The lowest BCUT2D eigenvalue weighted by Gasteiger charge is -2.09. The Kier molecular flexibility index (Phi) is 6.31. The molecule has 2 aromatic carbocycles. The smallest absolute Gasteiger partial charge is 0.251 e. The van der Waals surface area contributed by atoms with E-state index in [-0.39, 0.29) is 18.4 Å². The summed E-state index contributed by atoms with van der Waals surface area (Å²) in [6, 6.07) is 14.5. The van der Waals surface area contributed by atoms with Gasteiger partial charge in [-0.1, -0.05) is 34.1 Å². The van der Waals surface area contributed by atoms with Crippen molar-refractivity contribution in [3.63, 3.8) is 0 Å². The van der Waals surface area contributed by atoms with E-state index in [9.17, 15) is 9.59 Å². The maximum atomic E-state index is 12.1. The molecule has 0 aliphatic carbocycles. The number of amides is 2. The van der Waals surface area contributed by atoms with E-state index in [1.54, 1.807) is 18.2 Å². The zero-order valence-electron chi connectivity index (χ0n) is 12.6. The summed E-state index contributed by atoms with van der Waals surface area (Å²) in [4.78, 5) is 23.6. The molecule has 2 amide bonds. The lowest BCUT2D eigenvalue weighted by molar-refractivity contribution is -0.119. The Labute approximate surface area is 143 Å². The molecule has 0 aromatic heterocycles. The minimum atomic E-state index is -0.220. The number of halogens is 1. The summed E-state index contributed by atoms with van der Waals surface area (Å²) in [5.74, 6) is -0.372. The largest absolute Gasteiger partial charge is 0.375 e. The molecule has 23 heavy (non-hydrogen) atoms. The molecule has 0 bridgehead atoms. The van der Waals surface area contributed by atoms with Crippen LogP contribution in [0.4, 0.5) is 5.69 Å². The van der Waals surface area contributed by atoms with Gasteiger partial charge in [0.1, 0.15) is 6.61 Å². The van der Waals surface area contributed by atoms with Crippen molar-refractivity contribution in [2.24, 2.45) is 0 Å².